The van der Waals surface area contributed by atoms with Crippen molar-refractivity contribution in [1.29, 1.82) is 0 Å². The Balaban J connectivity index is 2.70. The zero-order valence-electron chi connectivity index (χ0n) is 11.5. The number of hydrogen-bond acceptors (Lipinski definition) is 2. The number of nitrogens with zero attached hydrogens (tertiary/aromatic N) is 1. The molecule has 0 spiro atoms. The molecule has 0 fully saturated rings. The summed E-state index contributed by atoms with van der Waals surface area (Å²) in [6, 6.07) is 8.20. The van der Waals surface area contributed by atoms with Gasteiger partial charge in [0.15, 0.2) is 5.78 Å². The average Bonchev–Trinajstić information content (AvgIpc) is 2.28. The molecule has 0 aliphatic rings. The van der Waals surface area contributed by atoms with Crippen molar-refractivity contribution in [2.45, 2.75) is 33.7 Å². The van der Waals surface area contributed by atoms with E-state index in [0.717, 1.165) is 11.1 Å². The molecule has 0 aliphatic heterocycles. The molecule has 0 aliphatic carbocycles. The van der Waals surface area contributed by atoms with Gasteiger partial charge in [0.05, 0.1) is 6.54 Å². The second-order valence-corrected chi connectivity index (χ2v) is 5.14. The van der Waals surface area contributed by atoms with Gasteiger partial charge in [0.2, 0.25) is 0 Å². The molecule has 1 aromatic rings. The Bertz CT molecular complexity index is 384. The van der Waals surface area contributed by atoms with Crippen LogP contribution in [-0.2, 0) is 0 Å². The summed E-state index contributed by atoms with van der Waals surface area (Å²) in [6.07, 6.45) is 0. The lowest BCUT2D eigenvalue weighted by atomic mass is 10.0. The predicted molar refractivity (Wildman–Crippen MR) is 72.4 cm³/mol. The highest BCUT2D eigenvalue weighted by atomic mass is 16.1. The maximum Gasteiger partial charge on any atom is 0.177 e. The molecule has 94 valence electrons. The first-order valence-electron chi connectivity index (χ1n) is 6.22. The molecule has 2 heteroatoms. The first kappa shape index (κ1) is 13.9. The van der Waals surface area contributed by atoms with E-state index in [-0.39, 0.29) is 5.78 Å². The van der Waals surface area contributed by atoms with E-state index in [1.165, 1.54) is 0 Å². The van der Waals surface area contributed by atoms with Crippen molar-refractivity contribution < 1.29 is 4.79 Å². The van der Waals surface area contributed by atoms with E-state index in [1.54, 1.807) is 0 Å². The van der Waals surface area contributed by atoms with Crippen molar-refractivity contribution in [3.63, 3.8) is 0 Å². The highest BCUT2D eigenvalue weighted by Gasteiger charge is 2.17. The van der Waals surface area contributed by atoms with Crippen molar-refractivity contribution >= 4 is 5.78 Å². The number of Topliss-reactive ketones (excluding diaryl/α,β-unsaturated/α-hetero) is 1. The zero-order chi connectivity index (χ0) is 13.0. The summed E-state index contributed by atoms with van der Waals surface area (Å²) in [5, 5.41) is 0. The van der Waals surface area contributed by atoms with E-state index >= 15 is 0 Å². The standard InChI is InChI=1S/C15H23NO/c1-11(2)13(4)16(5)10-15(17)14-9-7-6-8-12(14)3/h6-9,11,13H,10H2,1-5H3. The van der Waals surface area contributed by atoms with Crippen LogP contribution >= 0.6 is 0 Å². The summed E-state index contributed by atoms with van der Waals surface area (Å²) in [7, 11) is 2.01. The first-order valence-corrected chi connectivity index (χ1v) is 6.22. The number of benzene rings is 1. The van der Waals surface area contributed by atoms with Gasteiger partial charge in [-0.25, -0.2) is 0 Å². The number of hydrogen-bond donors (Lipinski definition) is 0. The Morgan fingerprint density at radius 1 is 1.24 bits per heavy atom. The Morgan fingerprint density at radius 3 is 2.35 bits per heavy atom. The van der Waals surface area contributed by atoms with Crippen LogP contribution in [0.15, 0.2) is 24.3 Å². The molecule has 0 bridgehead atoms. The molecule has 1 unspecified atom stereocenters. The lowest BCUT2D eigenvalue weighted by Gasteiger charge is -2.27. The molecule has 0 saturated heterocycles. The number of carbonyl (C=O) groups excluding carboxylic acids is 1. The van der Waals surface area contributed by atoms with Gasteiger partial charge in [-0.05, 0) is 32.4 Å². The van der Waals surface area contributed by atoms with Crippen LogP contribution in [0.3, 0.4) is 0 Å². The summed E-state index contributed by atoms with van der Waals surface area (Å²) in [5.41, 5.74) is 1.90. The van der Waals surface area contributed by atoms with Crippen molar-refractivity contribution in [2.75, 3.05) is 13.6 Å². The molecule has 0 heterocycles. The minimum absolute atomic E-state index is 0.207. The maximum absolute atomic E-state index is 12.2. The monoisotopic (exact) mass is 233 g/mol. The minimum atomic E-state index is 0.207. The summed E-state index contributed by atoms with van der Waals surface area (Å²) >= 11 is 0. The molecule has 0 amide bonds. The number of carbonyl (C=O) groups is 1. The highest BCUT2D eigenvalue weighted by Crippen LogP contribution is 2.12. The molecule has 0 aromatic heterocycles. The molecule has 0 saturated carbocycles. The number of ketones is 1. The van der Waals surface area contributed by atoms with Crippen LogP contribution in [0.4, 0.5) is 0 Å². The third-order valence-corrected chi connectivity index (χ3v) is 3.50. The van der Waals surface area contributed by atoms with Gasteiger partial charge in [0.1, 0.15) is 0 Å². The van der Waals surface area contributed by atoms with Crippen molar-refractivity contribution in [1.82, 2.24) is 4.90 Å². The number of aryl methyl sites for hydroxylation is 1. The third-order valence-electron chi connectivity index (χ3n) is 3.50. The van der Waals surface area contributed by atoms with E-state index in [0.29, 0.717) is 18.5 Å². The summed E-state index contributed by atoms with van der Waals surface area (Å²) in [4.78, 5) is 14.3. The molecule has 1 aromatic carbocycles. The van der Waals surface area contributed by atoms with E-state index in [1.807, 2.05) is 38.2 Å². The van der Waals surface area contributed by atoms with Crippen LogP contribution in [0.1, 0.15) is 36.7 Å². The first-order chi connectivity index (χ1) is 7.93. The molecular weight excluding hydrogens is 210 g/mol. The molecular formula is C15H23NO. The quantitative estimate of drug-likeness (QED) is 0.728. The van der Waals surface area contributed by atoms with E-state index in [2.05, 4.69) is 25.7 Å². The molecule has 2 nitrogen and oxygen atoms in total. The van der Waals surface area contributed by atoms with Crippen LogP contribution < -0.4 is 0 Å². The molecule has 1 atom stereocenters. The smallest absolute Gasteiger partial charge is 0.177 e. The fourth-order valence-corrected chi connectivity index (χ4v) is 1.85. The Labute approximate surface area is 105 Å². The molecule has 0 N–H and O–H groups in total. The third kappa shape index (κ3) is 3.67. The zero-order valence-corrected chi connectivity index (χ0v) is 11.5. The van der Waals surface area contributed by atoms with Gasteiger partial charge in [-0.15, -0.1) is 0 Å². The van der Waals surface area contributed by atoms with Crippen LogP contribution in [0.25, 0.3) is 0 Å². The Hall–Kier alpha value is -1.15. The lowest BCUT2D eigenvalue weighted by molar-refractivity contribution is 0.0906. The number of rotatable bonds is 5. The highest BCUT2D eigenvalue weighted by molar-refractivity contribution is 5.98. The summed E-state index contributed by atoms with van der Waals surface area (Å²) in [5.74, 6) is 0.766. The van der Waals surface area contributed by atoms with Gasteiger partial charge in [0.25, 0.3) is 0 Å². The van der Waals surface area contributed by atoms with Gasteiger partial charge in [0, 0.05) is 11.6 Å². The largest absolute Gasteiger partial charge is 0.296 e. The lowest BCUT2D eigenvalue weighted by Crippen LogP contribution is -2.37. The minimum Gasteiger partial charge on any atom is -0.296 e. The van der Waals surface area contributed by atoms with Crippen LogP contribution in [0, 0.1) is 12.8 Å². The fourth-order valence-electron chi connectivity index (χ4n) is 1.85. The maximum atomic E-state index is 12.2. The summed E-state index contributed by atoms with van der Waals surface area (Å²) < 4.78 is 0. The molecule has 0 radical (unpaired) electrons. The SMILES string of the molecule is Cc1ccccc1C(=O)CN(C)C(C)C(C)C. The average molecular weight is 233 g/mol. The van der Waals surface area contributed by atoms with Crippen molar-refractivity contribution in [3.05, 3.63) is 35.4 Å². The second kappa shape index (κ2) is 5.97. The Kier molecular flexibility index (Phi) is 4.88. The second-order valence-electron chi connectivity index (χ2n) is 5.14. The van der Waals surface area contributed by atoms with Crippen molar-refractivity contribution in [3.8, 4) is 0 Å². The van der Waals surface area contributed by atoms with Gasteiger partial charge in [-0.3, -0.25) is 9.69 Å². The van der Waals surface area contributed by atoms with Gasteiger partial charge >= 0.3 is 0 Å². The van der Waals surface area contributed by atoms with Crippen molar-refractivity contribution in [2.24, 2.45) is 5.92 Å². The Morgan fingerprint density at radius 2 is 1.82 bits per heavy atom. The van der Waals surface area contributed by atoms with Gasteiger partial charge in [-0.1, -0.05) is 38.1 Å². The van der Waals surface area contributed by atoms with E-state index in [4.69, 9.17) is 0 Å². The predicted octanol–water partition coefficient (Wildman–Crippen LogP) is 3.15. The topological polar surface area (TPSA) is 20.3 Å². The van der Waals surface area contributed by atoms with E-state index < -0.39 is 0 Å². The van der Waals surface area contributed by atoms with Crippen LogP contribution in [0.5, 0.6) is 0 Å². The van der Waals surface area contributed by atoms with Gasteiger partial charge in [-0.2, -0.15) is 0 Å². The number of likely N-dealkylation sites (N-methyl/N-ethyl adjacent to an activating group) is 1. The normalized spacial score (nSPS) is 13.1. The van der Waals surface area contributed by atoms with Crippen LogP contribution in [-0.4, -0.2) is 30.3 Å². The van der Waals surface area contributed by atoms with Gasteiger partial charge < -0.3 is 0 Å². The molecule has 17 heavy (non-hydrogen) atoms. The fraction of sp³-hybridized carbons (Fsp3) is 0.533. The van der Waals surface area contributed by atoms with E-state index in [9.17, 15) is 4.79 Å². The van der Waals surface area contributed by atoms with Crippen LogP contribution in [0.2, 0.25) is 0 Å². The molecule has 1 rings (SSSR count). The summed E-state index contributed by atoms with van der Waals surface area (Å²) in [6.45, 7) is 9.00.